The van der Waals surface area contributed by atoms with Gasteiger partial charge in [0.05, 0.1) is 18.7 Å². The minimum Gasteiger partial charge on any atom is -0.392 e. The van der Waals surface area contributed by atoms with Crippen molar-refractivity contribution in [2.45, 2.75) is 13.2 Å². The monoisotopic (exact) mass is 460 g/mol. The summed E-state index contributed by atoms with van der Waals surface area (Å²) in [7, 11) is 3.98. The van der Waals surface area contributed by atoms with E-state index in [9.17, 15) is 10.2 Å². The summed E-state index contributed by atoms with van der Waals surface area (Å²) in [4.78, 5) is 6.99. The molecule has 0 spiro atoms. The lowest BCUT2D eigenvalue weighted by Crippen LogP contribution is -2.12. The van der Waals surface area contributed by atoms with E-state index in [4.69, 9.17) is 4.98 Å². The van der Waals surface area contributed by atoms with Crippen molar-refractivity contribution in [1.29, 1.82) is 0 Å². The maximum Gasteiger partial charge on any atom is 0.136 e. The van der Waals surface area contributed by atoms with Crippen LogP contribution in [-0.2, 0) is 13.2 Å². The number of benzene rings is 4. The highest BCUT2D eigenvalue weighted by Gasteiger charge is 2.15. The summed E-state index contributed by atoms with van der Waals surface area (Å²) in [5.41, 5.74) is 8.87. The molecule has 0 radical (unpaired) electrons. The summed E-state index contributed by atoms with van der Waals surface area (Å²) in [6.07, 6.45) is 0. The minimum atomic E-state index is -0.133. The fraction of sp³-hybridized carbons (Fsp3) is 0.129. The highest BCUT2D eigenvalue weighted by atomic mass is 16.3. The first-order valence-corrected chi connectivity index (χ1v) is 11.7. The molecule has 4 heteroatoms. The number of hydrogen-bond acceptors (Lipinski definition) is 4. The Balaban J connectivity index is 1.78. The number of fused-ring (bicyclic) bond motifs is 1. The molecule has 4 aromatic carbocycles. The molecule has 0 aliphatic rings. The molecule has 1 heterocycles. The van der Waals surface area contributed by atoms with E-state index in [1.54, 1.807) is 0 Å². The van der Waals surface area contributed by atoms with E-state index in [0.29, 0.717) is 11.1 Å². The van der Waals surface area contributed by atoms with Crippen LogP contribution >= 0.6 is 0 Å². The quantitative estimate of drug-likeness (QED) is 0.313. The number of aromatic nitrogens is 1. The van der Waals surface area contributed by atoms with E-state index in [0.717, 1.165) is 50.1 Å². The fourth-order valence-corrected chi connectivity index (χ4v) is 4.53. The second kappa shape index (κ2) is 9.71. The topological polar surface area (TPSA) is 56.6 Å². The third-order valence-corrected chi connectivity index (χ3v) is 6.34. The number of aliphatic hydroxyl groups excluding tert-OH is 2. The first kappa shape index (κ1) is 22.8. The second-order valence-corrected chi connectivity index (χ2v) is 8.91. The molecule has 174 valence electrons. The summed E-state index contributed by atoms with van der Waals surface area (Å²) in [6.45, 7) is -0.260. The van der Waals surface area contributed by atoms with Crippen molar-refractivity contribution in [3.63, 3.8) is 0 Å². The number of aliphatic hydroxyl groups is 2. The average Bonchev–Trinajstić information content (AvgIpc) is 2.92. The van der Waals surface area contributed by atoms with Crippen LogP contribution in [0.1, 0.15) is 11.1 Å². The maximum absolute atomic E-state index is 9.82. The third kappa shape index (κ3) is 4.54. The lowest BCUT2D eigenvalue weighted by molar-refractivity contribution is 0.260. The van der Waals surface area contributed by atoms with E-state index in [1.807, 2.05) is 43.3 Å². The van der Waals surface area contributed by atoms with Crippen molar-refractivity contribution in [2.75, 3.05) is 19.0 Å². The average molecular weight is 461 g/mol. The summed E-state index contributed by atoms with van der Waals surface area (Å²) >= 11 is 0. The first-order chi connectivity index (χ1) is 17.1. The van der Waals surface area contributed by atoms with E-state index in [1.165, 1.54) is 0 Å². The predicted molar refractivity (Wildman–Crippen MR) is 144 cm³/mol. The number of hydrogen-bond donors (Lipinski definition) is 2. The van der Waals surface area contributed by atoms with Crippen molar-refractivity contribution in [2.24, 2.45) is 0 Å². The summed E-state index contributed by atoms with van der Waals surface area (Å²) in [5.74, 6) is 0.849. The molecule has 0 bridgehead atoms. The van der Waals surface area contributed by atoms with Gasteiger partial charge in [-0.1, -0.05) is 60.7 Å². The van der Waals surface area contributed by atoms with Crippen LogP contribution < -0.4 is 4.90 Å². The number of nitrogens with zero attached hydrogens (tertiary/aromatic N) is 2. The van der Waals surface area contributed by atoms with E-state index < -0.39 is 0 Å². The SMILES string of the molecule is CN(C)c1nc2cc(CO)c(CO)cc2cc1-c1cc(-c2ccccc2)cc(-c2ccccc2)c1. The van der Waals surface area contributed by atoms with Crippen molar-refractivity contribution in [3.05, 3.63) is 108 Å². The first-order valence-electron chi connectivity index (χ1n) is 11.7. The molecule has 0 atom stereocenters. The normalized spacial score (nSPS) is 11.1. The zero-order valence-corrected chi connectivity index (χ0v) is 19.9. The maximum atomic E-state index is 9.82. The van der Waals surface area contributed by atoms with Crippen molar-refractivity contribution in [1.82, 2.24) is 4.98 Å². The van der Waals surface area contributed by atoms with Gasteiger partial charge in [0.15, 0.2) is 0 Å². The van der Waals surface area contributed by atoms with E-state index in [-0.39, 0.29) is 13.2 Å². The van der Waals surface area contributed by atoms with Crippen molar-refractivity contribution >= 4 is 16.7 Å². The second-order valence-electron chi connectivity index (χ2n) is 8.91. The molecular weight excluding hydrogens is 432 g/mol. The summed E-state index contributed by atoms with van der Waals surface area (Å²) in [6, 6.07) is 33.4. The summed E-state index contributed by atoms with van der Waals surface area (Å²) in [5, 5.41) is 20.5. The molecule has 0 saturated heterocycles. The van der Waals surface area contributed by atoms with Gasteiger partial charge in [-0.2, -0.15) is 0 Å². The zero-order valence-electron chi connectivity index (χ0n) is 19.9. The molecule has 1 aromatic heterocycles. The standard InChI is InChI=1S/C31H28N2O2/c1-33(2)31-29(17-26-16-27(19-34)28(20-35)18-30(26)32-31)25-14-23(21-9-5-3-6-10-21)13-24(15-25)22-11-7-4-8-12-22/h3-18,34-35H,19-20H2,1-2H3. The van der Waals surface area contributed by atoms with Gasteiger partial charge >= 0.3 is 0 Å². The van der Waals surface area contributed by atoms with Gasteiger partial charge in [0.1, 0.15) is 5.82 Å². The van der Waals surface area contributed by atoms with Gasteiger partial charge in [-0.3, -0.25) is 0 Å². The van der Waals surface area contributed by atoms with Crippen molar-refractivity contribution in [3.8, 4) is 33.4 Å². The lowest BCUT2D eigenvalue weighted by Gasteiger charge is -2.20. The Morgan fingerprint density at radius 3 is 1.63 bits per heavy atom. The van der Waals surface area contributed by atoms with Gasteiger partial charge in [-0.25, -0.2) is 4.98 Å². The van der Waals surface area contributed by atoms with Crippen LogP contribution in [0, 0.1) is 0 Å². The van der Waals surface area contributed by atoms with Crippen LogP contribution in [0.2, 0.25) is 0 Å². The molecule has 35 heavy (non-hydrogen) atoms. The Morgan fingerprint density at radius 1 is 0.600 bits per heavy atom. The molecule has 0 amide bonds. The Labute approximate surface area is 205 Å². The number of rotatable bonds is 6. The molecule has 0 aliphatic heterocycles. The Kier molecular flexibility index (Phi) is 6.32. The van der Waals surface area contributed by atoms with Gasteiger partial charge in [-0.15, -0.1) is 0 Å². The van der Waals surface area contributed by atoms with Crippen LogP contribution in [0.15, 0.2) is 97.1 Å². The largest absolute Gasteiger partial charge is 0.392 e. The molecule has 4 nitrogen and oxygen atoms in total. The van der Waals surface area contributed by atoms with Gasteiger partial charge in [-0.05, 0) is 75.3 Å². The molecule has 0 saturated carbocycles. The molecule has 5 aromatic rings. The van der Waals surface area contributed by atoms with Crippen LogP contribution in [0.3, 0.4) is 0 Å². The fourth-order valence-electron chi connectivity index (χ4n) is 4.53. The summed E-state index contributed by atoms with van der Waals surface area (Å²) < 4.78 is 0. The smallest absolute Gasteiger partial charge is 0.136 e. The predicted octanol–water partition coefficient (Wildman–Crippen LogP) is 6.29. The molecule has 2 N–H and O–H groups in total. The Hall–Kier alpha value is -3.99. The molecule has 0 aliphatic carbocycles. The van der Waals surface area contributed by atoms with Gasteiger partial charge in [0, 0.05) is 25.0 Å². The third-order valence-electron chi connectivity index (χ3n) is 6.34. The Morgan fingerprint density at radius 2 is 1.11 bits per heavy atom. The highest BCUT2D eigenvalue weighted by Crippen LogP contribution is 2.38. The van der Waals surface area contributed by atoms with Crippen LogP contribution in [0.25, 0.3) is 44.3 Å². The number of anilines is 1. The lowest BCUT2D eigenvalue weighted by atomic mass is 9.92. The molecule has 0 unspecified atom stereocenters. The highest BCUT2D eigenvalue weighted by molar-refractivity contribution is 5.92. The van der Waals surface area contributed by atoms with E-state index >= 15 is 0 Å². The Bertz CT molecular complexity index is 1420. The van der Waals surface area contributed by atoms with Gasteiger partial charge in [0.25, 0.3) is 0 Å². The molecule has 0 fully saturated rings. The van der Waals surface area contributed by atoms with Crippen molar-refractivity contribution < 1.29 is 10.2 Å². The van der Waals surface area contributed by atoms with Crippen LogP contribution in [-0.4, -0.2) is 29.3 Å². The van der Waals surface area contributed by atoms with Crippen LogP contribution in [0.5, 0.6) is 0 Å². The molecular formula is C31H28N2O2. The van der Waals surface area contributed by atoms with Gasteiger partial charge in [0.2, 0.25) is 0 Å². The van der Waals surface area contributed by atoms with E-state index in [2.05, 4.69) is 72.8 Å². The zero-order chi connectivity index (χ0) is 24.4. The minimum absolute atomic E-state index is 0.127. The number of pyridine rings is 1. The van der Waals surface area contributed by atoms with Crippen LogP contribution in [0.4, 0.5) is 5.82 Å². The molecule has 5 rings (SSSR count). The van der Waals surface area contributed by atoms with Gasteiger partial charge < -0.3 is 15.1 Å².